The summed E-state index contributed by atoms with van der Waals surface area (Å²) in [6.07, 6.45) is 0. The molecule has 4 aromatic rings. The molecule has 0 fully saturated rings. The van der Waals surface area contributed by atoms with Crippen LogP contribution in [0.5, 0.6) is 0 Å². The zero-order valence-electron chi connectivity index (χ0n) is 15.7. The molecule has 1 aliphatic heterocycles. The van der Waals surface area contributed by atoms with E-state index in [0.717, 1.165) is 4.90 Å². The summed E-state index contributed by atoms with van der Waals surface area (Å²) in [5, 5.41) is 9.75. The molecule has 1 N–H and O–H groups in total. The van der Waals surface area contributed by atoms with Crippen molar-refractivity contribution in [2.24, 2.45) is 0 Å². The Morgan fingerprint density at radius 2 is 1.58 bits per heavy atom. The molecule has 0 radical (unpaired) electrons. The number of aromatic nitrogens is 1. The zero-order valence-corrected chi connectivity index (χ0v) is 15.7. The molecule has 2 amide bonds. The van der Waals surface area contributed by atoms with Gasteiger partial charge in [0.15, 0.2) is 0 Å². The lowest BCUT2D eigenvalue weighted by molar-refractivity contribution is 0.0698. The van der Waals surface area contributed by atoms with Crippen molar-refractivity contribution in [1.29, 1.82) is 0 Å². The normalized spacial score (nSPS) is 13.0. The van der Waals surface area contributed by atoms with Crippen molar-refractivity contribution in [2.75, 3.05) is 4.90 Å². The standard InChI is InChI=1S/C23H12N2O6/c26-20-13-10-9-12(19-24-17-7-3-1-5-14(17)23(30)31-19)11-16(13)21(27)25(20)18-8-4-2-6-15(18)22(28)29/h1-11H,(H,28,29). The predicted octanol–water partition coefficient (Wildman–Crippen LogP) is 3.35. The molecular formula is C23H12N2O6. The molecule has 0 aliphatic carbocycles. The van der Waals surface area contributed by atoms with Gasteiger partial charge < -0.3 is 9.52 Å². The first-order valence-corrected chi connectivity index (χ1v) is 9.21. The highest BCUT2D eigenvalue weighted by molar-refractivity contribution is 6.35. The number of carboxylic acid groups (broad SMARTS) is 1. The number of aromatic carboxylic acids is 1. The second-order valence-corrected chi connectivity index (χ2v) is 6.85. The lowest BCUT2D eigenvalue weighted by Gasteiger charge is -2.16. The van der Waals surface area contributed by atoms with Crippen LogP contribution in [0, 0.1) is 0 Å². The van der Waals surface area contributed by atoms with Gasteiger partial charge in [-0.1, -0.05) is 24.3 Å². The van der Waals surface area contributed by atoms with Gasteiger partial charge in [-0.2, -0.15) is 0 Å². The highest BCUT2D eigenvalue weighted by atomic mass is 16.4. The van der Waals surface area contributed by atoms with Crippen LogP contribution in [0.15, 0.2) is 75.9 Å². The summed E-state index contributed by atoms with van der Waals surface area (Å²) in [6, 6.07) is 16.9. The number of carboxylic acids is 1. The van der Waals surface area contributed by atoms with Gasteiger partial charge in [0.2, 0.25) is 5.89 Å². The molecule has 0 saturated carbocycles. The van der Waals surface area contributed by atoms with Gasteiger partial charge in [0.25, 0.3) is 11.8 Å². The summed E-state index contributed by atoms with van der Waals surface area (Å²) in [7, 11) is 0. The van der Waals surface area contributed by atoms with Crippen LogP contribution in [0.25, 0.3) is 22.4 Å². The lowest BCUT2D eigenvalue weighted by atomic mass is 10.1. The number of anilines is 1. The Morgan fingerprint density at radius 3 is 2.39 bits per heavy atom. The molecule has 1 aliphatic rings. The fourth-order valence-corrected chi connectivity index (χ4v) is 3.58. The number of carbonyl (C=O) groups excluding carboxylic acids is 2. The monoisotopic (exact) mass is 412 g/mol. The van der Waals surface area contributed by atoms with E-state index in [1.54, 1.807) is 30.3 Å². The van der Waals surface area contributed by atoms with Crippen LogP contribution in [0.3, 0.4) is 0 Å². The molecule has 2 heterocycles. The maximum Gasteiger partial charge on any atom is 0.347 e. The van der Waals surface area contributed by atoms with E-state index in [0.29, 0.717) is 16.5 Å². The molecule has 0 unspecified atom stereocenters. The van der Waals surface area contributed by atoms with Gasteiger partial charge in [0.1, 0.15) is 0 Å². The molecule has 8 heteroatoms. The molecule has 0 atom stereocenters. The van der Waals surface area contributed by atoms with E-state index in [4.69, 9.17) is 4.42 Å². The number of nitrogens with zero attached hydrogens (tertiary/aromatic N) is 2. The first-order valence-electron chi connectivity index (χ1n) is 9.21. The summed E-state index contributed by atoms with van der Waals surface area (Å²) in [4.78, 5) is 54.9. The number of amides is 2. The molecule has 5 rings (SSSR count). The van der Waals surface area contributed by atoms with Crippen molar-refractivity contribution in [3.05, 3.63) is 93.8 Å². The summed E-state index contributed by atoms with van der Waals surface area (Å²) in [6.45, 7) is 0. The SMILES string of the molecule is O=C(O)c1ccccc1N1C(=O)c2ccc(-c3nc4ccccc4c(=O)o3)cc2C1=O. The largest absolute Gasteiger partial charge is 0.478 e. The summed E-state index contributed by atoms with van der Waals surface area (Å²) < 4.78 is 5.31. The maximum absolute atomic E-state index is 13.0. The smallest absolute Gasteiger partial charge is 0.347 e. The highest BCUT2D eigenvalue weighted by Crippen LogP contribution is 2.33. The van der Waals surface area contributed by atoms with Crippen molar-refractivity contribution < 1.29 is 23.9 Å². The number of imide groups is 1. The number of benzene rings is 3. The molecule has 0 bridgehead atoms. The molecule has 3 aromatic carbocycles. The van der Waals surface area contributed by atoms with Gasteiger partial charge in [0, 0.05) is 5.56 Å². The Balaban J connectivity index is 1.62. The summed E-state index contributed by atoms with van der Waals surface area (Å²) in [5.41, 5.74) is 0.222. The summed E-state index contributed by atoms with van der Waals surface area (Å²) in [5.74, 6) is -2.54. The van der Waals surface area contributed by atoms with Crippen LogP contribution in [0.2, 0.25) is 0 Å². The van der Waals surface area contributed by atoms with Gasteiger partial charge in [0.05, 0.1) is 33.3 Å². The third kappa shape index (κ3) is 2.81. The van der Waals surface area contributed by atoms with Crippen molar-refractivity contribution >= 4 is 34.4 Å². The predicted molar refractivity (Wildman–Crippen MR) is 110 cm³/mol. The second-order valence-electron chi connectivity index (χ2n) is 6.85. The third-order valence-electron chi connectivity index (χ3n) is 5.04. The van der Waals surface area contributed by atoms with Gasteiger partial charge in [-0.05, 0) is 42.5 Å². The van der Waals surface area contributed by atoms with Crippen molar-refractivity contribution in [3.8, 4) is 11.5 Å². The molecular weight excluding hydrogens is 400 g/mol. The number of fused-ring (bicyclic) bond motifs is 2. The number of carbonyl (C=O) groups is 3. The van der Waals surface area contributed by atoms with Crippen LogP contribution in [0.4, 0.5) is 5.69 Å². The molecule has 8 nitrogen and oxygen atoms in total. The Bertz CT molecular complexity index is 1490. The zero-order chi connectivity index (χ0) is 21.7. The van der Waals surface area contributed by atoms with Crippen LogP contribution >= 0.6 is 0 Å². The molecule has 0 saturated heterocycles. The highest BCUT2D eigenvalue weighted by Gasteiger charge is 2.38. The second kappa shape index (κ2) is 6.74. The molecule has 1 aromatic heterocycles. The third-order valence-corrected chi connectivity index (χ3v) is 5.04. The first-order chi connectivity index (χ1) is 15.0. The Morgan fingerprint density at radius 1 is 0.871 bits per heavy atom. The number of hydrogen-bond donors (Lipinski definition) is 1. The number of hydrogen-bond acceptors (Lipinski definition) is 6. The summed E-state index contributed by atoms with van der Waals surface area (Å²) >= 11 is 0. The topological polar surface area (TPSA) is 118 Å². The molecule has 150 valence electrons. The first kappa shape index (κ1) is 18.4. The number of rotatable bonds is 3. The minimum atomic E-state index is -1.25. The van der Waals surface area contributed by atoms with Gasteiger partial charge >= 0.3 is 11.6 Å². The fraction of sp³-hybridized carbons (Fsp3) is 0. The van der Waals surface area contributed by atoms with E-state index in [2.05, 4.69) is 4.98 Å². The number of para-hydroxylation sites is 2. The maximum atomic E-state index is 13.0. The Hall–Kier alpha value is -4.59. The minimum absolute atomic E-state index is 0.0103. The van der Waals surface area contributed by atoms with Crippen molar-refractivity contribution in [1.82, 2.24) is 4.98 Å². The van der Waals surface area contributed by atoms with Crippen molar-refractivity contribution in [3.63, 3.8) is 0 Å². The van der Waals surface area contributed by atoms with Crippen LogP contribution in [-0.2, 0) is 0 Å². The average Bonchev–Trinajstić information content (AvgIpc) is 3.03. The van der Waals surface area contributed by atoms with Crippen LogP contribution in [-0.4, -0.2) is 27.9 Å². The van der Waals surface area contributed by atoms with E-state index in [1.165, 1.54) is 36.4 Å². The van der Waals surface area contributed by atoms with Gasteiger partial charge in [-0.15, -0.1) is 0 Å². The Labute approximate surface area is 174 Å². The van der Waals surface area contributed by atoms with Gasteiger partial charge in [-0.3, -0.25) is 9.59 Å². The Kier molecular flexibility index (Phi) is 4.01. The van der Waals surface area contributed by atoms with Crippen LogP contribution < -0.4 is 10.5 Å². The van der Waals surface area contributed by atoms with E-state index >= 15 is 0 Å². The quantitative estimate of drug-likeness (QED) is 0.513. The van der Waals surface area contributed by atoms with E-state index < -0.39 is 23.4 Å². The fourth-order valence-electron chi connectivity index (χ4n) is 3.58. The van der Waals surface area contributed by atoms with Crippen molar-refractivity contribution in [2.45, 2.75) is 0 Å². The minimum Gasteiger partial charge on any atom is -0.478 e. The van der Waals surface area contributed by atoms with E-state index in [-0.39, 0.29) is 28.3 Å². The van der Waals surface area contributed by atoms with E-state index in [1.807, 2.05) is 0 Å². The van der Waals surface area contributed by atoms with Gasteiger partial charge in [-0.25, -0.2) is 19.5 Å². The molecule has 31 heavy (non-hydrogen) atoms. The average molecular weight is 412 g/mol. The molecule has 0 spiro atoms. The lowest BCUT2D eigenvalue weighted by Crippen LogP contribution is -2.30. The van der Waals surface area contributed by atoms with Crippen LogP contribution in [0.1, 0.15) is 31.1 Å². The van der Waals surface area contributed by atoms with E-state index in [9.17, 15) is 24.3 Å².